The first-order valence-corrected chi connectivity index (χ1v) is 5.39. The van der Waals surface area contributed by atoms with Crippen LogP contribution in [0, 0.1) is 6.92 Å². The molecule has 78 valence electrons. The molecule has 0 rings (SSSR count). The maximum absolute atomic E-state index is 8.44. The summed E-state index contributed by atoms with van der Waals surface area (Å²) < 4.78 is 5.15. The van der Waals surface area contributed by atoms with Crippen molar-refractivity contribution in [1.82, 2.24) is 0 Å². The quantitative estimate of drug-likeness (QED) is 0.421. The Kier molecular flexibility index (Phi) is 11.6. The summed E-state index contributed by atoms with van der Waals surface area (Å²) in [5, 5.41) is 8.44. The van der Waals surface area contributed by atoms with Gasteiger partial charge in [0.25, 0.3) is 0 Å². The second-order valence-corrected chi connectivity index (χ2v) is 3.31. The molecule has 0 saturated heterocycles. The van der Waals surface area contributed by atoms with Gasteiger partial charge in [-0.2, -0.15) is 0 Å². The van der Waals surface area contributed by atoms with E-state index >= 15 is 0 Å². The van der Waals surface area contributed by atoms with Gasteiger partial charge in [-0.1, -0.05) is 19.3 Å². The largest absolute Gasteiger partial charge is 0.394 e. The summed E-state index contributed by atoms with van der Waals surface area (Å²) in [6.07, 6.45) is 8.67. The molecule has 0 aliphatic carbocycles. The van der Waals surface area contributed by atoms with E-state index in [0.717, 1.165) is 19.4 Å². The first kappa shape index (κ1) is 12.8. The first-order valence-electron chi connectivity index (χ1n) is 5.39. The predicted octanol–water partition coefficient (Wildman–Crippen LogP) is 2.56. The zero-order valence-electron chi connectivity index (χ0n) is 8.63. The Bertz CT molecular complexity index is 74.2. The number of rotatable bonds is 10. The number of unbranched alkanes of at least 4 members (excludes halogenated alkanes) is 6. The van der Waals surface area contributed by atoms with Gasteiger partial charge in [0.15, 0.2) is 0 Å². The molecule has 0 spiro atoms. The number of hydrogen-bond acceptors (Lipinski definition) is 2. The summed E-state index contributed by atoms with van der Waals surface area (Å²) in [4.78, 5) is 0. The summed E-state index contributed by atoms with van der Waals surface area (Å²) in [6.45, 7) is 5.24. The van der Waals surface area contributed by atoms with Crippen LogP contribution in [0.2, 0.25) is 0 Å². The van der Waals surface area contributed by atoms with Crippen LogP contribution in [0.4, 0.5) is 0 Å². The van der Waals surface area contributed by atoms with Crippen molar-refractivity contribution < 1.29 is 9.84 Å². The molecule has 0 heterocycles. The van der Waals surface area contributed by atoms with Crippen molar-refractivity contribution in [2.75, 3.05) is 19.8 Å². The van der Waals surface area contributed by atoms with Crippen LogP contribution in [-0.4, -0.2) is 24.9 Å². The first-order chi connectivity index (χ1) is 6.41. The van der Waals surface area contributed by atoms with Gasteiger partial charge in [-0.25, -0.2) is 0 Å². The summed E-state index contributed by atoms with van der Waals surface area (Å²) in [5.74, 6) is 0. The van der Waals surface area contributed by atoms with Crippen LogP contribution in [0.5, 0.6) is 0 Å². The Morgan fingerprint density at radius 1 is 0.846 bits per heavy atom. The summed E-state index contributed by atoms with van der Waals surface area (Å²) in [7, 11) is 0. The number of aliphatic hydroxyl groups is 1. The van der Waals surface area contributed by atoms with Crippen LogP contribution in [0.15, 0.2) is 0 Å². The van der Waals surface area contributed by atoms with Crippen LogP contribution >= 0.6 is 0 Å². The smallest absolute Gasteiger partial charge is 0.0850 e. The molecule has 2 heteroatoms. The lowest BCUT2D eigenvalue weighted by Gasteiger charge is -2.01. The van der Waals surface area contributed by atoms with Gasteiger partial charge in [0.2, 0.25) is 0 Å². The number of aliphatic hydroxyl groups excluding tert-OH is 1. The molecule has 0 amide bonds. The standard InChI is InChI=1S/C11H23O2/c1-2-3-4-5-6-7-8-10-13-11-9-12/h12H,1-11H2/q+1. The van der Waals surface area contributed by atoms with Crippen LogP contribution in [0.3, 0.4) is 0 Å². The lowest BCUT2D eigenvalue weighted by molar-refractivity contribution is 0.0895. The van der Waals surface area contributed by atoms with E-state index in [1.807, 2.05) is 0 Å². The fourth-order valence-corrected chi connectivity index (χ4v) is 1.25. The Hall–Kier alpha value is -0.210. The van der Waals surface area contributed by atoms with E-state index < -0.39 is 0 Å². The minimum atomic E-state index is 0.142. The molecule has 0 aromatic carbocycles. The number of hydrogen-bond donors (Lipinski definition) is 1. The monoisotopic (exact) mass is 187 g/mol. The van der Waals surface area contributed by atoms with Crippen molar-refractivity contribution in [3.05, 3.63) is 6.92 Å². The highest BCUT2D eigenvalue weighted by Gasteiger charge is 1.91. The maximum Gasteiger partial charge on any atom is 0.0850 e. The molecule has 1 N–H and O–H groups in total. The van der Waals surface area contributed by atoms with Gasteiger partial charge >= 0.3 is 0 Å². The van der Waals surface area contributed by atoms with Crippen LogP contribution in [-0.2, 0) is 4.74 Å². The van der Waals surface area contributed by atoms with Crippen molar-refractivity contribution >= 4 is 0 Å². The fraction of sp³-hybridized carbons (Fsp3) is 0.909. The van der Waals surface area contributed by atoms with Crippen molar-refractivity contribution in [2.24, 2.45) is 0 Å². The van der Waals surface area contributed by atoms with E-state index in [1.165, 1.54) is 32.1 Å². The minimum absolute atomic E-state index is 0.142. The molecule has 0 aliphatic heterocycles. The van der Waals surface area contributed by atoms with E-state index in [0.29, 0.717) is 6.61 Å². The molecule has 0 aromatic heterocycles. The molecule has 0 radical (unpaired) electrons. The fourth-order valence-electron chi connectivity index (χ4n) is 1.25. The molecular weight excluding hydrogens is 164 g/mol. The van der Waals surface area contributed by atoms with Gasteiger partial charge in [0, 0.05) is 6.61 Å². The van der Waals surface area contributed by atoms with Gasteiger partial charge in [-0.3, -0.25) is 0 Å². The van der Waals surface area contributed by atoms with E-state index in [-0.39, 0.29) is 6.61 Å². The van der Waals surface area contributed by atoms with E-state index in [4.69, 9.17) is 9.84 Å². The normalized spacial score (nSPS) is 10.5. The van der Waals surface area contributed by atoms with Gasteiger partial charge in [0.05, 0.1) is 26.6 Å². The SMILES string of the molecule is [CH2+]CCCCCCCCOCCO. The summed E-state index contributed by atoms with van der Waals surface area (Å²) in [5.41, 5.74) is 0. The molecule has 13 heavy (non-hydrogen) atoms. The molecule has 0 aromatic rings. The third kappa shape index (κ3) is 11.8. The molecule has 0 unspecified atom stereocenters. The van der Waals surface area contributed by atoms with Gasteiger partial charge in [-0.15, -0.1) is 0 Å². The molecule has 0 saturated carbocycles. The number of ether oxygens (including phenoxy) is 1. The molecular formula is C11H23O2+. The molecule has 0 aliphatic rings. The van der Waals surface area contributed by atoms with Gasteiger partial charge < -0.3 is 9.84 Å². The maximum atomic E-state index is 8.44. The Morgan fingerprint density at radius 3 is 2.08 bits per heavy atom. The summed E-state index contributed by atoms with van der Waals surface area (Å²) >= 11 is 0. The third-order valence-corrected chi connectivity index (χ3v) is 2.02. The second-order valence-electron chi connectivity index (χ2n) is 3.31. The highest BCUT2D eigenvalue weighted by Crippen LogP contribution is 2.06. The summed E-state index contributed by atoms with van der Waals surface area (Å²) in [6, 6.07) is 0. The van der Waals surface area contributed by atoms with Crippen molar-refractivity contribution in [3.8, 4) is 0 Å². The van der Waals surface area contributed by atoms with E-state index in [1.54, 1.807) is 0 Å². The van der Waals surface area contributed by atoms with Crippen molar-refractivity contribution in [2.45, 2.75) is 44.9 Å². The predicted molar refractivity (Wildman–Crippen MR) is 55.6 cm³/mol. The Morgan fingerprint density at radius 2 is 1.46 bits per heavy atom. The molecule has 2 nitrogen and oxygen atoms in total. The Balaban J connectivity index is 2.76. The van der Waals surface area contributed by atoms with E-state index in [9.17, 15) is 0 Å². The minimum Gasteiger partial charge on any atom is -0.394 e. The van der Waals surface area contributed by atoms with Crippen molar-refractivity contribution in [1.29, 1.82) is 0 Å². The van der Waals surface area contributed by atoms with Crippen LogP contribution in [0.1, 0.15) is 44.9 Å². The molecule has 0 bridgehead atoms. The zero-order chi connectivity index (χ0) is 9.78. The van der Waals surface area contributed by atoms with E-state index in [2.05, 4.69) is 6.92 Å². The molecule has 0 fully saturated rings. The lowest BCUT2D eigenvalue weighted by atomic mass is 10.1. The van der Waals surface area contributed by atoms with Gasteiger partial charge in [0.1, 0.15) is 0 Å². The van der Waals surface area contributed by atoms with Crippen molar-refractivity contribution in [3.63, 3.8) is 0 Å². The Labute approximate surface area is 82.3 Å². The third-order valence-electron chi connectivity index (χ3n) is 2.02. The zero-order valence-corrected chi connectivity index (χ0v) is 8.63. The second kappa shape index (κ2) is 11.8. The molecule has 0 atom stereocenters. The van der Waals surface area contributed by atoms with Gasteiger partial charge in [-0.05, 0) is 19.3 Å². The average molecular weight is 187 g/mol. The highest BCUT2D eigenvalue weighted by molar-refractivity contribution is 4.46. The van der Waals surface area contributed by atoms with Crippen LogP contribution < -0.4 is 0 Å². The van der Waals surface area contributed by atoms with Crippen LogP contribution in [0.25, 0.3) is 0 Å². The highest BCUT2D eigenvalue weighted by atomic mass is 16.5. The average Bonchev–Trinajstić information content (AvgIpc) is 2.16. The topological polar surface area (TPSA) is 29.5 Å². The lowest BCUT2D eigenvalue weighted by Crippen LogP contribution is -2.00.